The first-order valence-electron chi connectivity index (χ1n) is 14.4. The van der Waals surface area contributed by atoms with E-state index in [1.54, 1.807) is 41.0 Å². The monoisotopic (exact) mass is 626 g/mol. The number of methoxy groups -OCH3 is 1. The third-order valence-corrected chi connectivity index (χ3v) is 8.83. The lowest BCUT2D eigenvalue weighted by Gasteiger charge is -2.36. The summed E-state index contributed by atoms with van der Waals surface area (Å²) in [5.74, 6) is 0.120. The van der Waals surface area contributed by atoms with Gasteiger partial charge < -0.3 is 15.0 Å². The Labute approximate surface area is 264 Å². The number of carbonyl (C=O) groups excluding carboxylic acids is 2. The van der Waals surface area contributed by atoms with E-state index in [4.69, 9.17) is 21.3 Å². The SMILES string of the molecule is COc1ccc(NC(=O)C(C2CC=CCC2)N(Cc2nc(-c3ccc(Cl)cc3)cs2)C(=O)Cn2nnc3ccccc32)cc1. The van der Waals surface area contributed by atoms with Crippen LogP contribution in [0.4, 0.5) is 5.69 Å². The van der Waals surface area contributed by atoms with Gasteiger partial charge in [0.25, 0.3) is 0 Å². The van der Waals surface area contributed by atoms with Gasteiger partial charge in [-0.3, -0.25) is 9.59 Å². The molecule has 1 aliphatic rings. The molecule has 9 nitrogen and oxygen atoms in total. The van der Waals surface area contributed by atoms with Crippen LogP contribution in [0.3, 0.4) is 0 Å². The number of nitrogens with zero attached hydrogens (tertiary/aromatic N) is 5. The molecule has 0 radical (unpaired) electrons. The predicted octanol–water partition coefficient (Wildman–Crippen LogP) is 6.61. The first-order valence-corrected chi connectivity index (χ1v) is 15.6. The van der Waals surface area contributed by atoms with Crippen molar-refractivity contribution >= 4 is 51.5 Å². The van der Waals surface area contributed by atoms with Crippen LogP contribution in [0.1, 0.15) is 24.3 Å². The molecule has 0 saturated carbocycles. The van der Waals surface area contributed by atoms with Gasteiger partial charge in [0.15, 0.2) is 0 Å². The summed E-state index contributed by atoms with van der Waals surface area (Å²) in [6.45, 7) is 0.107. The van der Waals surface area contributed by atoms with Crippen molar-refractivity contribution in [3.8, 4) is 17.0 Å². The number of amides is 2. The first kappa shape index (κ1) is 29.5. The maximum atomic E-state index is 14.3. The fourth-order valence-corrected chi connectivity index (χ4v) is 6.41. The first-order chi connectivity index (χ1) is 21.5. The molecule has 3 aromatic carbocycles. The summed E-state index contributed by atoms with van der Waals surface area (Å²) in [5.41, 5.74) is 3.79. The fourth-order valence-electron chi connectivity index (χ4n) is 5.48. The molecular weight excluding hydrogens is 596 g/mol. The Morgan fingerprint density at radius 3 is 2.64 bits per heavy atom. The molecular formula is C33H31ClN6O3S. The third kappa shape index (κ3) is 6.66. The minimum absolute atomic E-state index is 0.0647. The molecule has 2 amide bonds. The second kappa shape index (κ2) is 13.4. The quantitative estimate of drug-likeness (QED) is 0.175. The van der Waals surface area contributed by atoms with E-state index < -0.39 is 6.04 Å². The Morgan fingerprint density at radius 2 is 1.89 bits per heavy atom. The van der Waals surface area contributed by atoms with E-state index >= 15 is 0 Å². The number of halogens is 1. The molecule has 1 aliphatic carbocycles. The van der Waals surface area contributed by atoms with Gasteiger partial charge in [0.1, 0.15) is 28.9 Å². The highest BCUT2D eigenvalue weighted by Gasteiger charge is 2.37. The zero-order valence-electron chi connectivity index (χ0n) is 24.1. The number of ether oxygens (including phenoxy) is 1. The third-order valence-electron chi connectivity index (χ3n) is 7.74. The highest BCUT2D eigenvalue weighted by molar-refractivity contribution is 7.09. The number of thiazole rings is 1. The van der Waals surface area contributed by atoms with Gasteiger partial charge >= 0.3 is 0 Å². The average Bonchev–Trinajstić information content (AvgIpc) is 3.69. The summed E-state index contributed by atoms with van der Waals surface area (Å²) in [5, 5.41) is 14.9. The van der Waals surface area contributed by atoms with E-state index in [2.05, 4.69) is 27.8 Å². The number of rotatable bonds is 10. The van der Waals surface area contributed by atoms with Crippen LogP contribution in [0.25, 0.3) is 22.3 Å². The average molecular weight is 627 g/mol. The molecule has 5 aromatic rings. The molecule has 0 bridgehead atoms. The number of allylic oxidation sites excluding steroid dienone is 2. The summed E-state index contributed by atoms with van der Waals surface area (Å²) < 4.78 is 6.86. The van der Waals surface area contributed by atoms with Crippen LogP contribution >= 0.6 is 22.9 Å². The minimum Gasteiger partial charge on any atom is -0.497 e. The molecule has 11 heteroatoms. The molecule has 0 saturated heterocycles. The Hall–Kier alpha value is -4.54. The molecule has 1 N–H and O–H groups in total. The largest absolute Gasteiger partial charge is 0.497 e. The van der Waals surface area contributed by atoms with Gasteiger partial charge in [-0.2, -0.15) is 0 Å². The van der Waals surface area contributed by atoms with E-state index in [1.807, 2.05) is 53.9 Å². The standard InChI is InChI=1S/C33H31ClN6O3S/c1-43-26-17-15-25(16-18-26)35-33(42)32(23-7-3-2-4-8-23)39(31(41)20-40-29-10-6-5-9-27(29)37-38-40)19-30-36-28(21-44-30)22-11-13-24(34)14-12-22/h2-3,5-6,9-18,21,23,32H,4,7-8,19-20H2,1H3,(H,35,42). The molecule has 2 atom stereocenters. The van der Waals surface area contributed by atoms with Crippen LogP contribution in [0.5, 0.6) is 5.75 Å². The van der Waals surface area contributed by atoms with Crippen LogP contribution in [0.15, 0.2) is 90.3 Å². The number of hydrogen-bond acceptors (Lipinski definition) is 7. The van der Waals surface area contributed by atoms with Gasteiger partial charge in [-0.05, 0) is 73.7 Å². The van der Waals surface area contributed by atoms with Gasteiger partial charge in [-0.15, -0.1) is 16.4 Å². The van der Waals surface area contributed by atoms with E-state index in [-0.39, 0.29) is 30.8 Å². The minimum atomic E-state index is -0.743. The van der Waals surface area contributed by atoms with Crippen molar-refractivity contribution in [3.63, 3.8) is 0 Å². The Morgan fingerprint density at radius 1 is 1.09 bits per heavy atom. The molecule has 0 aliphatic heterocycles. The lowest BCUT2D eigenvalue weighted by Crippen LogP contribution is -2.52. The molecule has 224 valence electrons. The normalized spacial score (nSPS) is 15.2. The van der Waals surface area contributed by atoms with Crippen LogP contribution in [0.2, 0.25) is 5.02 Å². The second-order valence-electron chi connectivity index (χ2n) is 10.6. The summed E-state index contributed by atoms with van der Waals surface area (Å²) in [6.07, 6.45) is 6.52. The topological polar surface area (TPSA) is 102 Å². The molecule has 0 spiro atoms. The number of anilines is 1. The summed E-state index contributed by atoms with van der Waals surface area (Å²) in [7, 11) is 1.60. The van der Waals surface area contributed by atoms with Gasteiger partial charge in [0, 0.05) is 21.7 Å². The second-order valence-corrected chi connectivity index (χ2v) is 12.0. The van der Waals surface area contributed by atoms with Gasteiger partial charge in [-0.1, -0.05) is 53.2 Å². The maximum Gasteiger partial charge on any atom is 0.247 e. The molecule has 2 heterocycles. The smallest absolute Gasteiger partial charge is 0.247 e. The van der Waals surface area contributed by atoms with Gasteiger partial charge in [0.05, 0.1) is 24.9 Å². The number of nitrogens with one attached hydrogen (secondary N) is 1. The lowest BCUT2D eigenvalue weighted by molar-refractivity contribution is -0.142. The molecule has 2 unspecified atom stereocenters. The summed E-state index contributed by atoms with van der Waals surface area (Å²) in [4.78, 5) is 35.0. The summed E-state index contributed by atoms with van der Waals surface area (Å²) >= 11 is 7.55. The number of aromatic nitrogens is 4. The zero-order chi connectivity index (χ0) is 30.5. The number of benzene rings is 3. The summed E-state index contributed by atoms with van der Waals surface area (Å²) in [6, 6.07) is 21.4. The van der Waals surface area contributed by atoms with Crippen molar-refractivity contribution in [1.29, 1.82) is 0 Å². The van der Waals surface area contributed by atoms with Crippen molar-refractivity contribution in [2.75, 3.05) is 12.4 Å². The van der Waals surface area contributed by atoms with Crippen molar-refractivity contribution < 1.29 is 14.3 Å². The van der Waals surface area contributed by atoms with Crippen molar-refractivity contribution in [3.05, 3.63) is 100 Å². The highest BCUT2D eigenvalue weighted by Crippen LogP contribution is 2.30. The van der Waals surface area contributed by atoms with Crippen molar-refractivity contribution in [2.45, 2.75) is 38.4 Å². The highest BCUT2D eigenvalue weighted by atomic mass is 35.5. The van der Waals surface area contributed by atoms with Crippen molar-refractivity contribution in [1.82, 2.24) is 24.9 Å². The van der Waals surface area contributed by atoms with Gasteiger partial charge in [-0.25, -0.2) is 9.67 Å². The number of carbonyl (C=O) groups is 2. The Kier molecular flexibility index (Phi) is 8.99. The van der Waals surface area contributed by atoms with Crippen LogP contribution in [0, 0.1) is 5.92 Å². The van der Waals surface area contributed by atoms with Crippen LogP contribution in [-0.2, 0) is 22.7 Å². The molecule has 2 aromatic heterocycles. The maximum absolute atomic E-state index is 14.3. The van der Waals surface area contributed by atoms with Crippen molar-refractivity contribution in [2.24, 2.45) is 5.92 Å². The fraction of sp³-hybridized carbons (Fsp3) is 0.242. The predicted molar refractivity (Wildman–Crippen MR) is 173 cm³/mol. The Bertz CT molecular complexity index is 1780. The number of fused-ring (bicyclic) bond motifs is 1. The zero-order valence-corrected chi connectivity index (χ0v) is 25.7. The van der Waals surface area contributed by atoms with E-state index in [1.165, 1.54) is 11.3 Å². The molecule has 6 rings (SSSR count). The van der Waals surface area contributed by atoms with Crippen LogP contribution in [-0.4, -0.2) is 49.8 Å². The number of hydrogen-bond donors (Lipinski definition) is 1. The van der Waals surface area contributed by atoms with Gasteiger partial charge in [0.2, 0.25) is 11.8 Å². The Balaban J connectivity index is 1.34. The molecule has 44 heavy (non-hydrogen) atoms. The lowest BCUT2D eigenvalue weighted by atomic mass is 9.86. The van der Waals surface area contributed by atoms with Crippen LogP contribution < -0.4 is 10.1 Å². The number of para-hydroxylation sites is 1. The van der Waals surface area contributed by atoms with E-state index in [9.17, 15) is 9.59 Å². The molecule has 0 fully saturated rings. The van der Waals surface area contributed by atoms with E-state index in [0.717, 1.165) is 34.6 Å². The van der Waals surface area contributed by atoms with E-state index in [0.29, 0.717) is 28.4 Å².